The van der Waals surface area contributed by atoms with Crippen LogP contribution in [-0.2, 0) is 0 Å². The Balaban J connectivity index is 2.46. The Morgan fingerprint density at radius 2 is 1.63 bits per heavy atom. The summed E-state index contributed by atoms with van der Waals surface area (Å²) in [6, 6.07) is 19.6. The average molecular weight is 266 g/mol. The number of hydrogen-bond donors (Lipinski definition) is 1. The van der Waals surface area contributed by atoms with Crippen molar-refractivity contribution in [2.24, 2.45) is 5.73 Å². The molecule has 0 aliphatic carbocycles. The van der Waals surface area contributed by atoms with E-state index in [9.17, 15) is 5.26 Å². The molecule has 0 spiro atoms. The van der Waals surface area contributed by atoms with Crippen molar-refractivity contribution in [3.8, 4) is 6.07 Å². The van der Waals surface area contributed by atoms with Crippen LogP contribution in [0.2, 0.25) is 0 Å². The molecule has 0 aliphatic rings. The Labute approximate surface area is 117 Å². The van der Waals surface area contributed by atoms with Gasteiger partial charge in [0.2, 0.25) is 0 Å². The number of benzene rings is 2. The van der Waals surface area contributed by atoms with Crippen molar-refractivity contribution in [2.45, 2.75) is 4.90 Å². The molecular formula is C16H14N2S. The first-order chi connectivity index (χ1) is 9.26. The number of nitriles is 1. The van der Waals surface area contributed by atoms with Gasteiger partial charge in [0, 0.05) is 4.90 Å². The summed E-state index contributed by atoms with van der Waals surface area (Å²) in [4.78, 5) is 1.18. The second-order valence-corrected chi connectivity index (χ2v) is 4.87. The lowest BCUT2D eigenvalue weighted by molar-refractivity contribution is 1.41. The summed E-state index contributed by atoms with van der Waals surface area (Å²) in [5.41, 5.74) is 8.87. The van der Waals surface area contributed by atoms with E-state index in [1.807, 2.05) is 60.9 Å². The third-order valence-electron chi connectivity index (χ3n) is 2.84. The van der Waals surface area contributed by atoms with Gasteiger partial charge in [-0.1, -0.05) is 42.5 Å². The van der Waals surface area contributed by atoms with Gasteiger partial charge in [-0.15, -0.1) is 11.8 Å². The van der Waals surface area contributed by atoms with E-state index in [-0.39, 0.29) is 0 Å². The van der Waals surface area contributed by atoms with Crippen LogP contribution in [-0.4, -0.2) is 6.26 Å². The Morgan fingerprint density at radius 1 is 1.00 bits per heavy atom. The highest BCUT2D eigenvalue weighted by Gasteiger charge is 2.07. The van der Waals surface area contributed by atoms with Gasteiger partial charge in [0.05, 0.1) is 11.3 Å². The van der Waals surface area contributed by atoms with E-state index < -0.39 is 0 Å². The molecule has 2 aromatic carbocycles. The molecule has 0 unspecified atom stereocenters. The molecule has 2 N–H and O–H groups in total. The van der Waals surface area contributed by atoms with Gasteiger partial charge >= 0.3 is 0 Å². The first-order valence-electron chi connectivity index (χ1n) is 5.86. The molecule has 0 saturated heterocycles. The zero-order chi connectivity index (χ0) is 13.7. The molecule has 0 bridgehead atoms. The van der Waals surface area contributed by atoms with Crippen LogP contribution in [0, 0.1) is 11.3 Å². The molecule has 0 radical (unpaired) electrons. The number of nitrogens with zero attached hydrogens (tertiary/aromatic N) is 1. The molecule has 3 heteroatoms. The van der Waals surface area contributed by atoms with Crippen LogP contribution in [0.15, 0.2) is 59.5 Å². The highest BCUT2D eigenvalue weighted by atomic mass is 32.2. The highest BCUT2D eigenvalue weighted by Crippen LogP contribution is 2.23. The van der Waals surface area contributed by atoms with Crippen LogP contribution in [0.1, 0.15) is 11.1 Å². The third-order valence-corrected chi connectivity index (χ3v) is 3.59. The Morgan fingerprint density at radius 3 is 2.16 bits per heavy atom. The van der Waals surface area contributed by atoms with Crippen molar-refractivity contribution in [2.75, 3.05) is 6.26 Å². The van der Waals surface area contributed by atoms with Crippen molar-refractivity contribution in [3.63, 3.8) is 0 Å². The van der Waals surface area contributed by atoms with Crippen molar-refractivity contribution < 1.29 is 0 Å². The minimum Gasteiger partial charge on any atom is -0.397 e. The average Bonchev–Trinajstić information content (AvgIpc) is 2.49. The fourth-order valence-electron chi connectivity index (χ4n) is 1.80. The number of nitrogens with two attached hydrogens (primary N) is 1. The van der Waals surface area contributed by atoms with Crippen molar-refractivity contribution in [3.05, 3.63) is 65.7 Å². The van der Waals surface area contributed by atoms with E-state index in [4.69, 9.17) is 5.73 Å². The van der Waals surface area contributed by atoms with Gasteiger partial charge in [-0.25, -0.2) is 0 Å². The van der Waals surface area contributed by atoms with Crippen LogP contribution in [0.3, 0.4) is 0 Å². The maximum atomic E-state index is 9.32. The number of thioether (sulfide) groups is 1. The van der Waals surface area contributed by atoms with Crippen LogP contribution >= 0.6 is 11.8 Å². The highest BCUT2D eigenvalue weighted by molar-refractivity contribution is 7.98. The third kappa shape index (κ3) is 2.98. The second-order valence-electron chi connectivity index (χ2n) is 4.00. The smallest absolute Gasteiger partial charge is 0.102 e. The first kappa shape index (κ1) is 13.3. The van der Waals surface area contributed by atoms with Crippen molar-refractivity contribution in [1.82, 2.24) is 0 Å². The van der Waals surface area contributed by atoms with E-state index >= 15 is 0 Å². The molecule has 2 rings (SSSR count). The van der Waals surface area contributed by atoms with Gasteiger partial charge in [0.1, 0.15) is 6.07 Å². The second kappa shape index (κ2) is 6.12. The fourth-order valence-corrected chi connectivity index (χ4v) is 2.21. The minimum atomic E-state index is 0.512. The topological polar surface area (TPSA) is 49.8 Å². The summed E-state index contributed by atoms with van der Waals surface area (Å²) >= 11 is 1.68. The normalized spacial score (nSPS) is 11.6. The lowest BCUT2D eigenvalue weighted by atomic mass is 10.0. The molecule has 0 atom stereocenters. The summed E-state index contributed by atoms with van der Waals surface area (Å²) in [6.45, 7) is 0. The quantitative estimate of drug-likeness (QED) is 0.523. The minimum absolute atomic E-state index is 0.512. The summed E-state index contributed by atoms with van der Waals surface area (Å²) in [5.74, 6) is 0. The molecule has 0 fully saturated rings. The molecule has 2 nitrogen and oxygen atoms in total. The molecule has 2 aromatic rings. The maximum absolute atomic E-state index is 9.32. The van der Waals surface area contributed by atoms with Crippen LogP contribution in [0.25, 0.3) is 11.3 Å². The Hall–Kier alpha value is -2.18. The molecule has 94 valence electrons. The van der Waals surface area contributed by atoms with E-state index in [1.165, 1.54) is 4.90 Å². The lowest BCUT2D eigenvalue weighted by Crippen LogP contribution is -2.00. The first-order valence-corrected chi connectivity index (χ1v) is 7.08. The molecule has 0 heterocycles. The van der Waals surface area contributed by atoms with Crippen molar-refractivity contribution in [1.29, 1.82) is 5.26 Å². The predicted octanol–water partition coefficient (Wildman–Crippen LogP) is 3.76. The molecule has 0 aliphatic heterocycles. The molecular weight excluding hydrogens is 252 g/mol. The van der Waals surface area contributed by atoms with Crippen LogP contribution in [0.4, 0.5) is 0 Å². The zero-order valence-electron chi connectivity index (χ0n) is 10.6. The van der Waals surface area contributed by atoms with Gasteiger partial charge in [0.25, 0.3) is 0 Å². The van der Waals surface area contributed by atoms with Crippen molar-refractivity contribution >= 4 is 23.0 Å². The van der Waals surface area contributed by atoms with Crippen LogP contribution in [0.5, 0.6) is 0 Å². The van der Waals surface area contributed by atoms with E-state index in [1.54, 1.807) is 11.8 Å². The van der Waals surface area contributed by atoms with Gasteiger partial charge in [0.15, 0.2) is 0 Å². The number of rotatable bonds is 3. The standard InChI is InChI=1S/C16H14N2S/c1-19-14-9-7-13(8-10-14)16(18)15(11-17)12-5-3-2-4-6-12/h2-10H,18H2,1H3/b16-15+. The predicted molar refractivity (Wildman–Crippen MR) is 81.3 cm³/mol. The van der Waals surface area contributed by atoms with Gasteiger partial charge in [-0.2, -0.15) is 5.26 Å². The summed E-state index contributed by atoms with van der Waals surface area (Å²) in [7, 11) is 0. The largest absolute Gasteiger partial charge is 0.397 e. The monoisotopic (exact) mass is 266 g/mol. The van der Waals surface area contributed by atoms with Crippen LogP contribution < -0.4 is 5.73 Å². The van der Waals surface area contributed by atoms with E-state index in [2.05, 4.69) is 6.07 Å². The lowest BCUT2D eigenvalue weighted by Gasteiger charge is -2.07. The van der Waals surface area contributed by atoms with Gasteiger partial charge < -0.3 is 5.73 Å². The zero-order valence-corrected chi connectivity index (χ0v) is 11.4. The Bertz CT molecular complexity index is 622. The molecule has 0 aromatic heterocycles. The van der Waals surface area contributed by atoms with Gasteiger partial charge in [-0.3, -0.25) is 0 Å². The molecule has 0 amide bonds. The molecule has 19 heavy (non-hydrogen) atoms. The number of hydrogen-bond acceptors (Lipinski definition) is 3. The number of allylic oxidation sites excluding steroid dienone is 1. The maximum Gasteiger partial charge on any atom is 0.102 e. The SMILES string of the molecule is CSc1ccc(/C(N)=C(/C#N)c2ccccc2)cc1. The summed E-state index contributed by atoms with van der Waals surface area (Å²) in [6.07, 6.45) is 2.03. The summed E-state index contributed by atoms with van der Waals surface area (Å²) in [5, 5.41) is 9.32. The summed E-state index contributed by atoms with van der Waals surface area (Å²) < 4.78 is 0. The van der Waals surface area contributed by atoms with E-state index in [0.717, 1.165) is 11.1 Å². The Kier molecular flexibility index (Phi) is 4.27. The van der Waals surface area contributed by atoms with E-state index in [0.29, 0.717) is 11.3 Å². The fraction of sp³-hybridized carbons (Fsp3) is 0.0625. The molecule has 0 saturated carbocycles. The van der Waals surface area contributed by atoms with Gasteiger partial charge in [-0.05, 0) is 29.5 Å².